The van der Waals surface area contributed by atoms with Crippen LogP contribution >= 0.6 is 11.6 Å². The number of hydrogen-bond donors (Lipinski definition) is 0. The fraction of sp³-hybridized carbons (Fsp3) is 0. The van der Waals surface area contributed by atoms with Crippen molar-refractivity contribution in [1.29, 1.82) is 5.26 Å². The van der Waals surface area contributed by atoms with Crippen molar-refractivity contribution in [3.8, 4) is 23.0 Å². The maximum Gasteiger partial charge on any atom is 0.191 e. The zero-order valence-corrected chi connectivity index (χ0v) is 11.7. The van der Waals surface area contributed by atoms with Gasteiger partial charge in [0.25, 0.3) is 0 Å². The Labute approximate surface area is 129 Å². The van der Waals surface area contributed by atoms with Crippen molar-refractivity contribution >= 4 is 11.6 Å². The Hall–Kier alpha value is -2.78. The molecule has 7 heteroatoms. The van der Waals surface area contributed by atoms with Gasteiger partial charge in [0.2, 0.25) is 0 Å². The molecule has 0 aliphatic heterocycles. The Morgan fingerprint density at radius 2 is 1.86 bits per heavy atom. The molecule has 0 amide bonds. The molecule has 0 saturated heterocycles. The maximum atomic E-state index is 14.0. The molecule has 0 N–H and O–H groups in total. The van der Waals surface area contributed by atoms with Crippen molar-refractivity contribution in [1.82, 2.24) is 15.0 Å². The summed E-state index contributed by atoms with van der Waals surface area (Å²) in [5.74, 6) is -1.10. The molecule has 0 spiro atoms. The van der Waals surface area contributed by atoms with Gasteiger partial charge in [0.05, 0.1) is 10.7 Å². The van der Waals surface area contributed by atoms with Crippen LogP contribution in [0.15, 0.2) is 42.5 Å². The van der Waals surface area contributed by atoms with Gasteiger partial charge < -0.3 is 0 Å². The van der Waals surface area contributed by atoms with Crippen LogP contribution in [-0.2, 0) is 0 Å². The van der Waals surface area contributed by atoms with Crippen molar-refractivity contribution in [2.45, 2.75) is 0 Å². The van der Waals surface area contributed by atoms with Gasteiger partial charge in [-0.05, 0) is 30.3 Å². The summed E-state index contributed by atoms with van der Waals surface area (Å²) < 4.78 is 28.6. The first-order chi connectivity index (χ1) is 10.6. The summed E-state index contributed by atoms with van der Waals surface area (Å²) in [7, 11) is 0. The number of benzene rings is 2. The molecule has 0 bridgehead atoms. The molecule has 2 aromatic carbocycles. The molecular formula is C15H7ClF2N4. The van der Waals surface area contributed by atoms with E-state index in [9.17, 15) is 8.78 Å². The van der Waals surface area contributed by atoms with Gasteiger partial charge in [-0.2, -0.15) is 5.26 Å². The minimum absolute atomic E-state index is 0.0365. The first-order valence-electron chi connectivity index (χ1n) is 6.18. The van der Waals surface area contributed by atoms with Gasteiger partial charge in [0.15, 0.2) is 5.69 Å². The number of hydrogen-bond acceptors (Lipinski definition) is 3. The van der Waals surface area contributed by atoms with Crippen molar-refractivity contribution in [2.24, 2.45) is 0 Å². The van der Waals surface area contributed by atoms with Crippen molar-refractivity contribution in [3.63, 3.8) is 0 Å². The Bertz CT molecular complexity index is 899. The van der Waals surface area contributed by atoms with Gasteiger partial charge in [-0.1, -0.05) is 28.9 Å². The molecule has 0 fully saturated rings. The van der Waals surface area contributed by atoms with Crippen LogP contribution in [0.5, 0.6) is 0 Å². The molecule has 1 heterocycles. The third-order valence-electron chi connectivity index (χ3n) is 3.05. The Kier molecular flexibility index (Phi) is 3.57. The van der Waals surface area contributed by atoms with Gasteiger partial charge in [0.1, 0.15) is 23.4 Å². The van der Waals surface area contributed by atoms with Gasteiger partial charge in [-0.25, -0.2) is 13.5 Å². The molecule has 108 valence electrons. The lowest BCUT2D eigenvalue weighted by Gasteiger charge is -2.08. The summed E-state index contributed by atoms with van der Waals surface area (Å²) in [5, 5.41) is 16.6. The Morgan fingerprint density at radius 1 is 1.09 bits per heavy atom. The molecule has 0 atom stereocenters. The molecular weight excluding hydrogens is 310 g/mol. The van der Waals surface area contributed by atoms with Crippen LogP contribution in [0, 0.1) is 23.0 Å². The molecule has 0 aliphatic rings. The van der Waals surface area contributed by atoms with Crippen molar-refractivity contribution < 1.29 is 8.78 Å². The highest BCUT2D eigenvalue weighted by atomic mass is 35.5. The molecule has 22 heavy (non-hydrogen) atoms. The quantitative estimate of drug-likeness (QED) is 0.723. The van der Waals surface area contributed by atoms with E-state index in [1.54, 1.807) is 6.07 Å². The summed E-state index contributed by atoms with van der Waals surface area (Å²) in [6, 6.07) is 11.7. The van der Waals surface area contributed by atoms with Crippen LogP contribution < -0.4 is 0 Å². The molecule has 0 saturated carbocycles. The van der Waals surface area contributed by atoms with Crippen LogP contribution in [0.1, 0.15) is 5.69 Å². The highest BCUT2D eigenvalue weighted by molar-refractivity contribution is 6.30. The van der Waals surface area contributed by atoms with Crippen LogP contribution in [-0.4, -0.2) is 15.0 Å². The third kappa shape index (κ3) is 2.32. The lowest BCUT2D eigenvalue weighted by atomic mass is 10.1. The zero-order chi connectivity index (χ0) is 15.7. The van der Waals surface area contributed by atoms with E-state index in [1.807, 2.05) is 6.07 Å². The molecule has 3 aromatic rings. The molecule has 0 radical (unpaired) electrons. The van der Waals surface area contributed by atoms with E-state index >= 15 is 0 Å². The third-order valence-corrected chi connectivity index (χ3v) is 3.34. The van der Waals surface area contributed by atoms with E-state index in [0.717, 1.165) is 6.07 Å². The Morgan fingerprint density at radius 3 is 2.55 bits per heavy atom. The first-order valence-corrected chi connectivity index (χ1v) is 6.55. The van der Waals surface area contributed by atoms with Crippen LogP contribution in [0.25, 0.3) is 16.9 Å². The second-order valence-corrected chi connectivity index (χ2v) is 4.80. The SMILES string of the molecule is N#Cc1nnn(-c2ccc(F)c(Cl)c2)c1-c1ccccc1F. The maximum absolute atomic E-state index is 14.0. The van der Waals surface area contributed by atoms with Crippen LogP contribution in [0.4, 0.5) is 8.78 Å². The second-order valence-electron chi connectivity index (χ2n) is 4.39. The van der Waals surface area contributed by atoms with Gasteiger partial charge in [-0.3, -0.25) is 0 Å². The van der Waals surface area contributed by atoms with Crippen molar-refractivity contribution in [2.75, 3.05) is 0 Å². The minimum Gasteiger partial charge on any atom is -0.211 e. The van der Waals surface area contributed by atoms with Crippen LogP contribution in [0.3, 0.4) is 0 Å². The van der Waals surface area contributed by atoms with Gasteiger partial charge in [0, 0.05) is 5.56 Å². The largest absolute Gasteiger partial charge is 0.211 e. The molecule has 3 rings (SSSR count). The van der Waals surface area contributed by atoms with E-state index in [1.165, 1.54) is 35.0 Å². The van der Waals surface area contributed by atoms with Crippen LogP contribution in [0.2, 0.25) is 5.02 Å². The predicted octanol–water partition coefficient (Wildman–Crippen LogP) is 3.74. The molecule has 0 aliphatic carbocycles. The molecule has 1 aromatic heterocycles. The molecule has 0 unspecified atom stereocenters. The minimum atomic E-state index is -0.585. The summed E-state index contributed by atoms with van der Waals surface area (Å²) in [4.78, 5) is 0. The van der Waals surface area contributed by atoms with E-state index in [4.69, 9.17) is 16.9 Å². The summed E-state index contributed by atoms with van der Waals surface area (Å²) in [5.41, 5.74) is 0.692. The smallest absolute Gasteiger partial charge is 0.191 e. The first kappa shape index (κ1) is 14.2. The topological polar surface area (TPSA) is 54.5 Å². The van der Waals surface area contributed by atoms with E-state index in [-0.39, 0.29) is 22.0 Å². The molecule has 4 nitrogen and oxygen atoms in total. The van der Waals surface area contributed by atoms with Gasteiger partial charge in [-0.15, -0.1) is 5.10 Å². The number of halogens is 3. The summed E-state index contributed by atoms with van der Waals surface area (Å²) in [6.07, 6.45) is 0. The van der Waals surface area contributed by atoms with E-state index < -0.39 is 11.6 Å². The highest BCUT2D eigenvalue weighted by Crippen LogP contribution is 2.28. The second kappa shape index (κ2) is 5.54. The standard InChI is InChI=1S/C15H7ClF2N4/c16-11-7-9(5-6-13(11)18)22-15(14(8-19)20-21-22)10-3-1-2-4-12(10)17/h1-7H. The average Bonchev–Trinajstić information content (AvgIpc) is 2.94. The van der Waals surface area contributed by atoms with Gasteiger partial charge >= 0.3 is 0 Å². The lowest BCUT2D eigenvalue weighted by Crippen LogP contribution is -2.01. The normalized spacial score (nSPS) is 10.5. The fourth-order valence-electron chi connectivity index (χ4n) is 2.05. The predicted molar refractivity (Wildman–Crippen MR) is 76.4 cm³/mol. The number of aromatic nitrogens is 3. The van der Waals surface area contributed by atoms with E-state index in [2.05, 4.69) is 10.3 Å². The Balaban J connectivity index is 2.27. The fourth-order valence-corrected chi connectivity index (χ4v) is 2.22. The number of nitriles is 1. The summed E-state index contributed by atoms with van der Waals surface area (Å²) >= 11 is 5.76. The number of nitrogens with zero attached hydrogens (tertiary/aromatic N) is 4. The van der Waals surface area contributed by atoms with Crippen molar-refractivity contribution in [3.05, 3.63) is 64.8 Å². The summed E-state index contributed by atoms with van der Waals surface area (Å²) in [6.45, 7) is 0. The number of rotatable bonds is 2. The zero-order valence-electron chi connectivity index (χ0n) is 11.0. The lowest BCUT2D eigenvalue weighted by molar-refractivity contribution is 0.626. The monoisotopic (exact) mass is 316 g/mol. The average molecular weight is 317 g/mol. The highest BCUT2D eigenvalue weighted by Gasteiger charge is 2.19. The van der Waals surface area contributed by atoms with E-state index in [0.29, 0.717) is 5.69 Å².